The van der Waals surface area contributed by atoms with Crippen LogP contribution in [0, 0.1) is 0 Å². The van der Waals surface area contributed by atoms with Gasteiger partial charge < -0.3 is 18.9 Å². The molecule has 1 aliphatic rings. The molecule has 0 unspecified atom stereocenters. The Hall–Kier alpha value is -3.74. The first-order chi connectivity index (χ1) is 14.9. The Morgan fingerprint density at radius 1 is 0.968 bits per heavy atom. The number of hydrogen-bond donors (Lipinski definition) is 0. The fourth-order valence-electron chi connectivity index (χ4n) is 3.42. The van der Waals surface area contributed by atoms with Gasteiger partial charge in [0.1, 0.15) is 17.2 Å². The maximum absolute atomic E-state index is 13.4. The summed E-state index contributed by atoms with van der Waals surface area (Å²) in [5, 5.41) is 0. The number of hydrogen-bond acceptors (Lipinski definition) is 6. The zero-order valence-corrected chi connectivity index (χ0v) is 18.2. The third-order valence-corrected chi connectivity index (χ3v) is 4.95. The van der Waals surface area contributed by atoms with Gasteiger partial charge in [-0.25, -0.2) is 4.79 Å². The van der Waals surface area contributed by atoms with E-state index in [-0.39, 0.29) is 23.7 Å². The van der Waals surface area contributed by atoms with Crippen molar-refractivity contribution in [3.8, 4) is 17.2 Å². The van der Waals surface area contributed by atoms with E-state index in [1.165, 1.54) is 12.0 Å². The summed E-state index contributed by atoms with van der Waals surface area (Å²) in [6.07, 6.45) is 1.64. The predicted molar refractivity (Wildman–Crippen MR) is 117 cm³/mol. The van der Waals surface area contributed by atoms with Gasteiger partial charge in [0, 0.05) is 23.0 Å². The van der Waals surface area contributed by atoms with Gasteiger partial charge in [-0.05, 0) is 56.3 Å². The number of nitrogens with zero attached hydrogens (tertiary/aromatic N) is 1. The molecule has 0 spiro atoms. The van der Waals surface area contributed by atoms with Crippen molar-refractivity contribution in [2.45, 2.75) is 13.8 Å². The number of allylic oxidation sites excluding steroid dienone is 1. The molecule has 7 heteroatoms. The van der Waals surface area contributed by atoms with E-state index < -0.39 is 5.97 Å². The Kier molecular flexibility index (Phi) is 6.65. The minimum absolute atomic E-state index is 0.200. The van der Waals surface area contributed by atoms with Gasteiger partial charge in [-0.1, -0.05) is 0 Å². The Labute approximate surface area is 181 Å². The second-order valence-corrected chi connectivity index (χ2v) is 6.69. The van der Waals surface area contributed by atoms with Gasteiger partial charge in [-0.3, -0.25) is 9.69 Å². The lowest BCUT2D eigenvalue weighted by Crippen LogP contribution is -2.24. The topological polar surface area (TPSA) is 74.3 Å². The number of carbonyl (C=O) groups is 2. The maximum Gasteiger partial charge on any atom is 0.340 e. The molecule has 0 radical (unpaired) electrons. The van der Waals surface area contributed by atoms with Crippen LogP contribution in [0.3, 0.4) is 0 Å². The van der Waals surface area contributed by atoms with Crippen LogP contribution in [0.4, 0.5) is 5.69 Å². The van der Waals surface area contributed by atoms with E-state index in [0.29, 0.717) is 34.2 Å². The number of rotatable bonds is 7. The molecule has 0 atom stereocenters. The Morgan fingerprint density at radius 2 is 1.61 bits per heavy atom. The number of methoxy groups -OCH3 is 3. The Balaban J connectivity index is 2.13. The molecule has 0 aliphatic carbocycles. The van der Waals surface area contributed by atoms with Crippen molar-refractivity contribution >= 4 is 23.6 Å². The van der Waals surface area contributed by atoms with Crippen molar-refractivity contribution in [1.82, 2.24) is 0 Å². The summed E-state index contributed by atoms with van der Waals surface area (Å²) < 4.78 is 21.1. The van der Waals surface area contributed by atoms with Crippen LogP contribution in [0.25, 0.3) is 6.08 Å². The molecule has 0 N–H and O–H groups in total. The van der Waals surface area contributed by atoms with E-state index >= 15 is 0 Å². The van der Waals surface area contributed by atoms with Crippen molar-refractivity contribution in [2.75, 3.05) is 32.8 Å². The lowest BCUT2D eigenvalue weighted by atomic mass is 10.0. The van der Waals surface area contributed by atoms with E-state index in [2.05, 4.69) is 0 Å². The number of anilines is 1. The van der Waals surface area contributed by atoms with Gasteiger partial charge in [0.05, 0.1) is 39.1 Å². The van der Waals surface area contributed by atoms with Crippen molar-refractivity contribution in [1.29, 1.82) is 0 Å². The second-order valence-electron chi connectivity index (χ2n) is 6.69. The van der Waals surface area contributed by atoms with Crippen LogP contribution in [0.2, 0.25) is 0 Å². The van der Waals surface area contributed by atoms with E-state index in [0.717, 1.165) is 0 Å². The highest BCUT2D eigenvalue weighted by atomic mass is 16.5. The minimum atomic E-state index is -0.553. The summed E-state index contributed by atoms with van der Waals surface area (Å²) in [7, 11) is 4.67. The molecule has 1 amide bonds. The standard InChI is InChI=1S/C24H25NO6/c1-6-31-24(27)22-15(2)25(17-8-11-18(28-3)12-9-17)23(26)20(22)13-16-7-10-19(29-4)14-21(16)30-5/h7-14H,6H2,1-5H3/b20-13-. The molecule has 3 rings (SSSR count). The summed E-state index contributed by atoms with van der Waals surface area (Å²) in [6, 6.07) is 12.3. The summed E-state index contributed by atoms with van der Waals surface area (Å²) in [5.41, 5.74) is 2.20. The third kappa shape index (κ3) is 4.26. The zero-order valence-electron chi connectivity index (χ0n) is 18.2. The number of benzene rings is 2. The number of carbonyl (C=O) groups excluding carboxylic acids is 2. The van der Waals surface area contributed by atoms with Crippen molar-refractivity contribution in [2.24, 2.45) is 0 Å². The van der Waals surface area contributed by atoms with Crippen molar-refractivity contribution < 1.29 is 28.5 Å². The summed E-state index contributed by atoms with van der Waals surface area (Å²) in [6.45, 7) is 3.65. The average Bonchev–Trinajstić information content (AvgIpc) is 3.03. The van der Waals surface area contributed by atoms with E-state index in [4.69, 9.17) is 18.9 Å². The van der Waals surface area contributed by atoms with Crippen LogP contribution in [0.15, 0.2) is 59.3 Å². The largest absolute Gasteiger partial charge is 0.497 e. The van der Waals surface area contributed by atoms with Gasteiger partial charge in [-0.15, -0.1) is 0 Å². The van der Waals surface area contributed by atoms with E-state index in [9.17, 15) is 9.59 Å². The molecular formula is C24H25NO6. The fraction of sp³-hybridized carbons (Fsp3) is 0.250. The van der Waals surface area contributed by atoms with Gasteiger partial charge in [0.15, 0.2) is 0 Å². The number of ether oxygens (including phenoxy) is 4. The maximum atomic E-state index is 13.4. The third-order valence-electron chi connectivity index (χ3n) is 4.95. The van der Waals surface area contributed by atoms with Crippen molar-refractivity contribution in [3.63, 3.8) is 0 Å². The summed E-state index contributed by atoms with van der Waals surface area (Å²) in [4.78, 5) is 27.7. The van der Waals surface area contributed by atoms with Crippen LogP contribution >= 0.6 is 0 Å². The van der Waals surface area contributed by atoms with Gasteiger partial charge >= 0.3 is 5.97 Å². The lowest BCUT2D eigenvalue weighted by Gasteiger charge is -2.18. The summed E-state index contributed by atoms with van der Waals surface area (Å²) in [5.74, 6) is 0.922. The first-order valence-electron chi connectivity index (χ1n) is 9.75. The van der Waals surface area contributed by atoms with Crippen LogP contribution in [0.1, 0.15) is 19.4 Å². The Bertz CT molecular complexity index is 1050. The molecule has 0 bridgehead atoms. The van der Waals surface area contributed by atoms with Crippen LogP contribution < -0.4 is 19.1 Å². The fourth-order valence-corrected chi connectivity index (χ4v) is 3.42. The molecule has 0 aromatic heterocycles. The highest BCUT2D eigenvalue weighted by molar-refractivity contribution is 6.24. The highest BCUT2D eigenvalue weighted by Crippen LogP contribution is 2.37. The zero-order chi connectivity index (χ0) is 22.5. The molecule has 31 heavy (non-hydrogen) atoms. The van der Waals surface area contributed by atoms with Gasteiger partial charge in [-0.2, -0.15) is 0 Å². The molecule has 0 saturated heterocycles. The second kappa shape index (κ2) is 9.38. The predicted octanol–water partition coefficient (Wildman–Crippen LogP) is 3.98. The van der Waals surface area contributed by atoms with Gasteiger partial charge in [0.25, 0.3) is 5.91 Å². The molecule has 2 aromatic carbocycles. The SMILES string of the molecule is CCOC(=O)C1=C(C)N(c2ccc(OC)cc2)C(=O)/C1=C\c1ccc(OC)cc1OC. The minimum Gasteiger partial charge on any atom is -0.497 e. The molecule has 7 nitrogen and oxygen atoms in total. The highest BCUT2D eigenvalue weighted by Gasteiger charge is 2.38. The first kappa shape index (κ1) is 22.0. The van der Waals surface area contributed by atoms with E-state index in [1.54, 1.807) is 76.6 Å². The Morgan fingerprint density at radius 3 is 2.19 bits per heavy atom. The van der Waals surface area contributed by atoms with Crippen LogP contribution in [-0.2, 0) is 14.3 Å². The van der Waals surface area contributed by atoms with Crippen LogP contribution in [-0.4, -0.2) is 39.8 Å². The molecule has 0 saturated carbocycles. The summed E-state index contributed by atoms with van der Waals surface area (Å²) >= 11 is 0. The van der Waals surface area contributed by atoms with Crippen LogP contribution in [0.5, 0.6) is 17.2 Å². The quantitative estimate of drug-likeness (QED) is 0.495. The molecule has 0 fully saturated rings. The van der Waals surface area contributed by atoms with Gasteiger partial charge in [0.2, 0.25) is 0 Å². The number of esters is 1. The average molecular weight is 423 g/mol. The molecule has 1 aliphatic heterocycles. The molecule has 1 heterocycles. The number of amides is 1. The molecular weight excluding hydrogens is 398 g/mol. The smallest absolute Gasteiger partial charge is 0.340 e. The monoisotopic (exact) mass is 423 g/mol. The molecule has 162 valence electrons. The van der Waals surface area contributed by atoms with Crippen molar-refractivity contribution in [3.05, 3.63) is 64.9 Å². The molecule has 2 aromatic rings. The lowest BCUT2D eigenvalue weighted by molar-refractivity contribution is -0.138. The normalized spacial score (nSPS) is 14.8. The first-order valence-corrected chi connectivity index (χ1v) is 9.75. The van der Waals surface area contributed by atoms with E-state index in [1.807, 2.05) is 0 Å².